The summed E-state index contributed by atoms with van der Waals surface area (Å²) in [6.45, 7) is -0.522. The van der Waals surface area contributed by atoms with Crippen molar-refractivity contribution in [1.82, 2.24) is 9.80 Å². The van der Waals surface area contributed by atoms with E-state index < -0.39 is 35.4 Å². The zero-order valence-electron chi connectivity index (χ0n) is 14.7. The molecule has 2 aromatic rings. The van der Waals surface area contributed by atoms with E-state index in [0.29, 0.717) is 11.1 Å². The molecular formula is C19H14F6N2O2. The zero-order valence-corrected chi connectivity index (χ0v) is 14.7. The molecule has 10 heteroatoms. The second kappa shape index (κ2) is 7.41. The first kappa shape index (κ1) is 20.7. The van der Waals surface area contributed by atoms with E-state index in [1.54, 1.807) is 0 Å². The quantitative estimate of drug-likeness (QED) is 0.536. The number of hydrogen-bond donors (Lipinski definition) is 0. The third-order valence-electron chi connectivity index (χ3n) is 4.41. The van der Waals surface area contributed by atoms with Crippen molar-refractivity contribution in [2.24, 2.45) is 0 Å². The Kier molecular flexibility index (Phi) is 5.29. The lowest BCUT2D eigenvalue weighted by molar-refractivity contribution is -0.138. The van der Waals surface area contributed by atoms with Crippen molar-refractivity contribution in [3.8, 4) is 0 Å². The number of nitrogens with zero attached hydrogens (tertiary/aromatic N) is 2. The Morgan fingerprint density at radius 2 is 1.10 bits per heavy atom. The minimum atomic E-state index is -4.49. The summed E-state index contributed by atoms with van der Waals surface area (Å²) >= 11 is 0. The number of amides is 3. The van der Waals surface area contributed by atoms with Crippen LogP contribution < -0.4 is 0 Å². The molecule has 0 saturated carbocycles. The largest absolute Gasteiger partial charge is 0.416 e. The van der Waals surface area contributed by atoms with E-state index in [1.165, 1.54) is 24.3 Å². The lowest BCUT2D eigenvalue weighted by Gasteiger charge is -2.18. The topological polar surface area (TPSA) is 40.6 Å². The molecule has 0 aromatic heterocycles. The van der Waals surface area contributed by atoms with Gasteiger partial charge in [-0.3, -0.25) is 9.69 Å². The third-order valence-corrected chi connectivity index (χ3v) is 4.41. The van der Waals surface area contributed by atoms with Crippen LogP contribution >= 0.6 is 0 Å². The highest BCUT2D eigenvalue weighted by atomic mass is 19.4. The Hall–Kier alpha value is -3.04. The molecule has 2 aromatic carbocycles. The summed E-state index contributed by atoms with van der Waals surface area (Å²) in [7, 11) is 0. The van der Waals surface area contributed by atoms with Gasteiger partial charge in [-0.15, -0.1) is 0 Å². The van der Waals surface area contributed by atoms with Crippen molar-refractivity contribution in [1.29, 1.82) is 0 Å². The molecular weight excluding hydrogens is 402 g/mol. The lowest BCUT2D eigenvalue weighted by atomic mass is 10.1. The van der Waals surface area contributed by atoms with Crippen molar-refractivity contribution in [2.75, 3.05) is 6.54 Å². The van der Waals surface area contributed by atoms with Crippen LogP contribution in [0.4, 0.5) is 31.1 Å². The van der Waals surface area contributed by atoms with Gasteiger partial charge in [-0.1, -0.05) is 24.3 Å². The molecule has 0 atom stereocenters. The van der Waals surface area contributed by atoms with Crippen LogP contribution in [0.5, 0.6) is 0 Å². The van der Waals surface area contributed by atoms with Crippen LogP contribution in [0, 0.1) is 0 Å². The van der Waals surface area contributed by atoms with E-state index in [4.69, 9.17) is 0 Å². The lowest BCUT2D eigenvalue weighted by Crippen LogP contribution is -2.32. The van der Waals surface area contributed by atoms with E-state index in [0.717, 1.165) is 34.1 Å². The summed E-state index contributed by atoms with van der Waals surface area (Å²) in [5.41, 5.74) is -0.912. The molecule has 1 saturated heterocycles. The normalized spacial score (nSPS) is 15.4. The fourth-order valence-electron chi connectivity index (χ4n) is 2.87. The Labute approximate surface area is 161 Å². The molecule has 1 aliphatic heterocycles. The number of halogens is 6. The second-order valence-electron chi connectivity index (χ2n) is 6.51. The fourth-order valence-corrected chi connectivity index (χ4v) is 2.87. The number of alkyl halides is 6. The summed E-state index contributed by atoms with van der Waals surface area (Å²) in [5.74, 6) is -0.540. The first-order chi connectivity index (χ1) is 13.4. The molecule has 29 heavy (non-hydrogen) atoms. The van der Waals surface area contributed by atoms with Gasteiger partial charge in [-0.05, 0) is 35.4 Å². The molecule has 0 bridgehead atoms. The molecule has 3 rings (SSSR count). The van der Waals surface area contributed by atoms with Crippen LogP contribution in [-0.4, -0.2) is 28.3 Å². The Morgan fingerprint density at radius 3 is 1.52 bits per heavy atom. The maximum atomic E-state index is 12.6. The van der Waals surface area contributed by atoms with E-state index in [1.807, 2.05) is 0 Å². The van der Waals surface area contributed by atoms with Gasteiger partial charge in [0.25, 0.3) is 5.91 Å². The summed E-state index contributed by atoms with van der Waals surface area (Å²) in [4.78, 5) is 26.6. The highest BCUT2D eigenvalue weighted by molar-refractivity contribution is 6.01. The van der Waals surface area contributed by atoms with Crippen molar-refractivity contribution in [2.45, 2.75) is 25.4 Å². The van der Waals surface area contributed by atoms with Gasteiger partial charge in [0, 0.05) is 6.54 Å². The van der Waals surface area contributed by atoms with Gasteiger partial charge in [0.1, 0.15) is 6.54 Å². The molecule has 1 aliphatic rings. The van der Waals surface area contributed by atoms with E-state index in [-0.39, 0.29) is 19.6 Å². The predicted octanol–water partition coefficient (Wildman–Crippen LogP) is 4.69. The summed E-state index contributed by atoms with van der Waals surface area (Å²) in [6, 6.07) is 7.65. The SMILES string of the molecule is O=C1CN(Cc2ccc(C(F)(F)F)cc2)C(=O)N1Cc1ccc(C(F)(F)F)cc1. The van der Waals surface area contributed by atoms with Gasteiger partial charge < -0.3 is 4.90 Å². The van der Waals surface area contributed by atoms with Crippen LogP contribution in [0.25, 0.3) is 0 Å². The standard InChI is InChI=1S/C19H14F6N2O2/c20-18(21,22)14-5-1-12(2-6-14)9-26-11-16(28)27(17(26)29)10-13-3-7-15(8-4-13)19(23,24)25/h1-8H,9-11H2. The summed E-state index contributed by atoms with van der Waals surface area (Å²) in [5, 5.41) is 0. The maximum absolute atomic E-state index is 12.6. The second-order valence-corrected chi connectivity index (χ2v) is 6.51. The molecule has 154 valence electrons. The van der Waals surface area contributed by atoms with Gasteiger partial charge in [0.05, 0.1) is 17.7 Å². The average molecular weight is 416 g/mol. The average Bonchev–Trinajstić information content (AvgIpc) is 2.88. The van der Waals surface area contributed by atoms with Gasteiger partial charge in [0.2, 0.25) is 0 Å². The minimum Gasteiger partial charge on any atom is -0.311 e. The van der Waals surface area contributed by atoms with Crippen molar-refractivity contribution in [3.05, 3.63) is 70.8 Å². The van der Waals surface area contributed by atoms with Crippen LogP contribution in [0.3, 0.4) is 0 Å². The zero-order chi connectivity index (χ0) is 21.4. The first-order valence-corrected chi connectivity index (χ1v) is 8.37. The van der Waals surface area contributed by atoms with E-state index >= 15 is 0 Å². The molecule has 1 fully saturated rings. The third kappa shape index (κ3) is 4.69. The number of carbonyl (C=O) groups is 2. The first-order valence-electron chi connectivity index (χ1n) is 8.37. The number of carbonyl (C=O) groups excluding carboxylic acids is 2. The Balaban J connectivity index is 1.66. The number of urea groups is 1. The Bertz CT molecular complexity index is 904. The molecule has 0 N–H and O–H groups in total. The fraction of sp³-hybridized carbons (Fsp3) is 0.263. The van der Waals surface area contributed by atoms with Crippen LogP contribution in [0.2, 0.25) is 0 Å². The minimum absolute atomic E-state index is 0.0633. The smallest absolute Gasteiger partial charge is 0.311 e. The van der Waals surface area contributed by atoms with Gasteiger partial charge >= 0.3 is 18.4 Å². The highest BCUT2D eigenvalue weighted by Gasteiger charge is 2.36. The molecule has 3 amide bonds. The molecule has 4 nitrogen and oxygen atoms in total. The number of benzene rings is 2. The van der Waals surface area contributed by atoms with E-state index in [2.05, 4.69) is 0 Å². The maximum Gasteiger partial charge on any atom is 0.416 e. The molecule has 0 unspecified atom stereocenters. The molecule has 1 heterocycles. The number of rotatable bonds is 4. The van der Waals surface area contributed by atoms with Crippen LogP contribution in [-0.2, 0) is 30.2 Å². The van der Waals surface area contributed by atoms with Crippen molar-refractivity contribution < 1.29 is 35.9 Å². The van der Waals surface area contributed by atoms with Gasteiger partial charge in [0.15, 0.2) is 0 Å². The van der Waals surface area contributed by atoms with Gasteiger partial charge in [-0.25, -0.2) is 4.79 Å². The van der Waals surface area contributed by atoms with Crippen molar-refractivity contribution in [3.63, 3.8) is 0 Å². The summed E-state index contributed by atoms with van der Waals surface area (Å²) in [6.07, 6.45) is -8.97. The van der Waals surface area contributed by atoms with E-state index in [9.17, 15) is 35.9 Å². The summed E-state index contributed by atoms with van der Waals surface area (Å²) < 4.78 is 75.7. The van der Waals surface area contributed by atoms with Gasteiger partial charge in [-0.2, -0.15) is 26.3 Å². The Morgan fingerprint density at radius 1 is 0.690 bits per heavy atom. The molecule has 0 spiro atoms. The number of imide groups is 1. The molecule has 0 radical (unpaired) electrons. The number of hydrogen-bond acceptors (Lipinski definition) is 2. The van der Waals surface area contributed by atoms with Crippen LogP contribution in [0.15, 0.2) is 48.5 Å². The monoisotopic (exact) mass is 416 g/mol. The molecule has 0 aliphatic carbocycles. The highest BCUT2D eigenvalue weighted by Crippen LogP contribution is 2.30. The van der Waals surface area contributed by atoms with Crippen molar-refractivity contribution >= 4 is 11.9 Å². The predicted molar refractivity (Wildman–Crippen MR) is 89.2 cm³/mol. The van der Waals surface area contributed by atoms with Crippen LogP contribution in [0.1, 0.15) is 22.3 Å².